The van der Waals surface area contributed by atoms with Crippen molar-refractivity contribution in [1.29, 1.82) is 0 Å². The summed E-state index contributed by atoms with van der Waals surface area (Å²) in [6.45, 7) is 0.593. The zero-order valence-electron chi connectivity index (χ0n) is 14.9. The van der Waals surface area contributed by atoms with Crippen LogP contribution in [0.3, 0.4) is 0 Å². The monoisotopic (exact) mass is 483 g/mol. The van der Waals surface area contributed by atoms with Gasteiger partial charge in [-0.1, -0.05) is 45.7 Å². The van der Waals surface area contributed by atoms with Gasteiger partial charge in [-0.05, 0) is 43.2 Å². The number of amides is 1. The van der Waals surface area contributed by atoms with Crippen LogP contribution in [0.15, 0.2) is 63.0 Å². The summed E-state index contributed by atoms with van der Waals surface area (Å²) in [5, 5.41) is 4.50. The molecule has 0 atom stereocenters. The van der Waals surface area contributed by atoms with E-state index in [4.69, 9.17) is 11.6 Å². The van der Waals surface area contributed by atoms with Gasteiger partial charge in [-0.3, -0.25) is 4.79 Å². The Morgan fingerprint density at radius 1 is 1.14 bits per heavy atom. The van der Waals surface area contributed by atoms with Gasteiger partial charge in [0.05, 0.1) is 11.1 Å². The second-order valence-electron chi connectivity index (χ2n) is 6.39. The predicted molar refractivity (Wildman–Crippen MR) is 113 cm³/mol. The van der Waals surface area contributed by atoms with E-state index in [-0.39, 0.29) is 16.7 Å². The van der Waals surface area contributed by atoms with Crippen LogP contribution in [-0.4, -0.2) is 37.9 Å². The molecular weight excluding hydrogens is 466 g/mol. The molecule has 1 fully saturated rings. The first-order valence-corrected chi connectivity index (χ1v) is 11.3. The molecular formula is C19H19BrClN3O3S. The molecule has 0 saturated carbocycles. The third-order valence-electron chi connectivity index (χ3n) is 4.56. The fourth-order valence-corrected chi connectivity index (χ4v) is 4.87. The van der Waals surface area contributed by atoms with Gasteiger partial charge in [0, 0.05) is 34.1 Å². The smallest absolute Gasteiger partial charge is 0.243 e. The summed E-state index contributed by atoms with van der Waals surface area (Å²) in [6.07, 6.45) is 2.39. The Bertz CT molecular complexity index is 972. The minimum absolute atomic E-state index is 0.219. The number of hydrazone groups is 1. The summed E-state index contributed by atoms with van der Waals surface area (Å²) >= 11 is 9.34. The van der Waals surface area contributed by atoms with Gasteiger partial charge in [-0.15, -0.1) is 0 Å². The normalized spacial score (nSPS) is 16.4. The second-order valence-corrected chi connectivity index (χ2v) is 9.65. The molecule has 148 valence electrons. The lowest BCUT2D eigenvalue weighted by Gasteiger charge is -2.30. The van der Waals surface area contributed by atoms with Gasteiger partial charge in [-0.25, -0.2) is 13.8 Å². The van der Waals surface area contributed by atoms with Crippen LogP contribution >= 0.6 is 27.5 Å². The number of benzene rings is 2. The number of sulfonamides is 1. The van der Waals surface area contributed by atoms with E-state index in [1.54, 1.807) is 36.4 Å². The van der Waals surface area contributed by atoms with Crippen LogP contribution in [0.25, 0.3) is 0 Å². The van der Waals surface area contributed by atoms with E-state index in [1.807, 2.05) is 12.1 Å². The van der Waals surface area contributed by atoms with Crippen molar-refractivity contribution in [2.24, 2.45) is 11.0 Å². The molecule has 9 heteroatoms. The minimum Gasteiger partial charge on any atom is -0.273 e. The van der Waals surface area contributed by atoms with E-state index in [0.29, 0.717) is 36.5 Å². The summed E-state index contributed by atoms with van der Waals surface area (Å²) in [6, 6.07) is 13.7. The molecule has 1 aliphatic heterocycles. The van der Waals surface area contributed by atoms with Crippen molar-refractivity contribution in [2.75, 3.05) is 13.1 Å². The maximum Gasteiger partial charge on any atom is 0.243 e. The first-order chi connectivity index (χ1) is 13.4. The molecule has 0 radical (unpaired) electrons. The summed E-state index contributed by atoms with van der Waals surface area (Å²) in [4.78, 5) is 12.6. The van der Waals surface area contributed by atoms with Crippen molar-refractivity contribution in [1.82, 2.24) is 9.73 Å². The first-order valence-electron chi connectivity index (χ1n) is 8.71. The van der Waals surface area contributed by atoms with Gasteiger partial charge in [-0.2, -0.15) is 9.41 Å². The predicted octanol–water partition coefficient (Wildman–Crippen LogP) is 3.65. The summed E-state index contributed by atoms with van der Waals surface area (Å²) in [7, 11) is -3.55. The highest BCUT2D eigenvalue weighted by atomic mass is 79.9. The van der Waals surface area contributed by atoms with Crippen LogP contribution in [0.4, 0.5) is 0 Å². The van der Waals surface area contributed by atoms with E-state index >= 15 is 0 Å². The SMILES string of the molecule is O=C(N/N=C\c1ccccc1Cl)C1CCN(S(=O)(=O)c2ccc(Br)cc2)CC1. The number of halogens is 2. The minimum atomic E-state index is -3.55. The Morgan fingerprint density at radius 3 is 2.43 bits per heavy atom. The summed E-state index contributed by atoms with van der Waals surface area (Å²) in [5.74, 6) is -0.497. The third-order valence-corrected chi connectivity index (χ3v) is 7.35. The average molecular weight is 485 g/mol. The number of hydrogen-bond donors (Lipinski definition) is 1. The molecule has 3 rings (SSSR count). The van der Waals surface area contributed by atoms with Crippen molar-refractivity contribution in [2.45, 2.75) is 17.7 Å². The molecule has 6 nitrogen and oxygen atoms in total. The lowest BCUT2D eigenvalue weighted by molar-refractivity contribution is -0.126. The van der Waals surface area contributed by atoms with Crippen LogP contribution in [0.1, 0.15) is 18.4 Å². The van der Waals surface area contributed by atoms with Gasteiger partial charge in [0.2, 0.25) is 15.9 Å². The highest BCUT2D eigenvalue weighted by molar-refractivity contribution is 9.10. The number of nitrogens with one attached hydrogen (secondary N) is 1. The molecule has 1 saturated heterocycles. The standard InChI is InChI=1S/C19H19BrClN3O3S/c20-16-5-7-17(8-6-16)28(26,27)24-11-9-14(10-12-24)19(25)23-22-13-15-3-1-2-4-18(15)21/h1-8,13-14H,9-12H2,(H,23,25)/b22-13-. The topological polar surface area (TPSA) is 78.8 Å². The summed E-state index contributed by atoms with van der Waals surface area (Å²) < 4.78 is 27.7. The number of carbonyl (C=O) groups excluding carboxylic acids is 1. The quantitative estimate of drug-likeness (QED) is 0.520. The zero-order chi connectivity index (χ0) is 20.1. The highest BCUT2D eigenvalue weighted by Crippen LogP contribution is 2.25. The molecule has 1 amide bonds. The number of nitrogens with zero attached hydrogens (tertiary/aromatic N) is 2. The maximum atomic E-state index is 12.7. The van der Waals surface area contributed by atoms with Crippen LogP contribution < -0.4 is 5.43 Å². The molecule has 0 bridgehead atoms. The molecule has 2 aromatic rings. The molecule has 0 aromatic heterocycles. The number of rotatable bonds is 5. The molecule has 28 heavy (non-hydrogen) atoms. The van der Waals surface area contributed by atoms with E-state index in [1.165, 1.54) is 10.5 Å². The Labute approximate surface area is 177 Å². The lowest BCUT2D eigenvalue weighted by atomic mass is 9.98. The van der Waals surface area contributed by atoms with E-state index in [9.17, 15) is 13.2 Å². The van der Waals surface area contributed by atoms with Crippen LogP contribution in [0, 0.1) is 5.92 Å². The Hall–Kier alpha value is -1.74. The number of piperidine rings is 1. The van der Waals surface area contributed by atoms with Gasteiger partial charge >= 0.3 is 0 Å². The van der Waals surface area contributed by atoms with Gasteiger partial charge in [0.25, 0.3) is 0 Å². The van der Waals surface area contributed by atoms with Crippen molar-refractivity contribution >= 4 is 49.7 Å². The van der Waals surface area contributed by atoms with Gasteiger partial charge in [0.15, 0.2) is 0 Å². The fraction of sp³-hybridized carbons (Fsp3) is 0.263. The Kier molecular flexibility index (Phi) is 6.87. The van der Waals surface area contributed by atoms with E-state index in [2.05, 4.69) is 26.5 Å². The van der Waals surface area contributed by atoms with Crippen LogP contribution in [-0.2, 0) is 14.8 Å². The van der Waals surface area contributed by atoms with Crippen molar-refractivity contribution in [3.8, 4) is 0 Å². The Morgan fingerprint density at radius 2 is 1.79 bits per heavy atom. The van der Waals surface area contributed by atoms with Crippen molar-refractivity contribution in [3.05, 3.63) is 63.6 Å². The lowest BCUT2D eigenvalue weighted by Crippen LogP contribution is -2.42. The van der Waals surface area contributed by atoms with Gasteiger partial charge < -0.3 is 0 Å². The summed E-state index contributed by atoms with van der Waals surface area (Å²) in [5.41, 5.74) is 3.23. The van der Waals surface area contributed by atoms with Crippen molar-refractivity contribution < 1.29 is 13.2 Å². The van der Waals surface area contributed by atoms with Crippen molar-refractivity contribution in [3.63, 3.8) is 0 Å². The molecule has 0 unspecified atom stereocenters. The molecule has 1 aliphatic rings. The maximum absolute atomic E-state index is 12.7. The zero-order valence-corrected chi connectivity index (χ0v) is 18.0. The molecule has 1 heterocycles. The molecule has 0 aliphatic carbocycles. The van der Waals surface area contributed by atoms with Crippen LogP contribution in [0.2, 0.25) is 5.02 Å². The van der Waals surface area contributed by atoms with E-state index in [0.717, 1.165) is 4.47 Å². The fourth-order valence-electron chi connectivity index (χ4n) is 2.95. The largest absolute Gasteiger partial charge is 0.273 e. The van der Waals surface area contributed by atoms with Gasteiger partial charge in [0.1, 0.15) is 0 Å². The number of hydrogen-bond acceptors (Lipinski definition) is 4. The first kappa shape index (κ1) is 21.0. The molecule has 0 spiro atoms. The number of carbonyl (C=O) groups is 1. The van der Waals surface area contributed by atoms with E-state index < -0.39 is 10.0 Å². The van der Waals surface area contributed by atoms with Crippen LogP contribution in [0.5, 0.6) is 0 Å². The third kappa shape index (κ3) is 5.00. The second kappa shape index (κ2) is 9.17. The molecule has 1 N–H and O–H groups in total. The highest BCUT2D eigenvalue weighted by Gasteiger charge is 2.32. The average Bonchev–Trinajstić information content (AvgIpc) is 2.70. The Balaban J connectivity index is 1.55. The molecule has 2 aromatic carbocycles.